The zero-order valence-electron chi connectivity index (χ0n) is 9.10. The van der Waals surface area contributed by atoms with Gasteiger partial charge >= 0.3 is 0 Å². The molecular formula is C11H9Cl2N3O2. The van der Waals surface area contributed by atoms with Gasteiger partial charge in [0.2, 0.25) is 0 Å². The van der Waals surface area contributed by atoms with E-state index in [4.69, 9.17) is 32.7 Å². The van der Waals surface area contributed by atoms with E-state index in [9.17, 15) is 0 Å². The first kappa shape index (κ1) is 12.9. The van der Waals surface area contributed by atoms with Crippen molar-refractivity contribution in [2.45, 2.75) is 6.61 Å². The minimum Gasteiger partial charge on any atom is -0.458 e. The summed E-state index contributed by atoms with van der Waals surface area (Å²) in [6.07, 6.45) is 2.91. The van der Waals surface area contributed by atoms with E-state index in [0.717, 1.165) is 0 Å². The summed E-state index contributed by atoms with van der Waals surface area (Å²) in [6, 6.07) is 4.91. The normalized spacial score (nSPS) is 11.1. The molecule has 0 spiro atoms. The van der Waals surface area contributed by atoms with Gasteiger partial charge in [-0.25, -0.2) is 4.98 Å². The van der Waals surface area contributed by atoms with Crippen molar-refractivity contribution in [1.29, 1.82) is 0 Å². The molecular weight excluding hydrogens is 277 g/mol. The van der Waals surface area contributed by atoms with Gasteiger partial charge in [-0.3, -0.25) is 5.43 Å². The molecule has 2 aromatic heterocycles. The van der Waals surface area contributed by atoms with Crippen LogP contribution in [-0.4, -0.2) is 16.3 Å². The Balaban J connectivity index is 2.02. The van der Waals surface area contributed by atoms with Gasteiger partial charge in [-0.15, -0.1) is 0 Å². The number of aliphatic hydroxyl groups is 1. The van der Waals surface area contributed by atoms with Crippen molar-refractivity contribution in [3.05, 3.63) is 46.0 Å². The Bertz CT molecular complexity index is 569. The highest BCUT2D eigenvalue weighted by molar-refractivity contribution is 6.35. The molecule has 0 atom stereocenters. The van der Waals surface area contributed by atoms with Gasteiger partial charge in [0.05, 0.1) is 16.3 Å². The minimum atomic E-state index is -0.147. The molecule has 94 valence electrons. The second-order valence-electron chi connectivity index (χ2n) is 3.32. The summed E-state index contributed by atoms with van der Waals surface area (Å²) in [4.78, 5) is 3.97. The van der Waals surface area contributed by atoms with Crippen molar-refractivity contribution in [3.63, 3.8) is 0 Å². The third kappa shape index (κ3) is 3.22. The maximum absolute atomic E-state index is 8.82. The number of rotatable bonds is 4. The second-order valence-corrected chi connectivity index (χ2v) is 4.16. The van der Waals surface area contributed by atoms with Gasteiger partial charge < -0.3 is 9.52 Å². The van der Waals surface area contributed by atoms with Crippen molar-refractivity contribution in [1.82, 2.24) is 4.98 Å². The predicted octanol–water partition coefficient (Wildman–Crippen LogP) is 2.92. The Hall–Kier alpha value is -1.56. The molecule has 0 saturated heterocycles. The maximum Gasteiger partial charge on any atom is 0.165 e. The molecule has 2 rings (SSSR count). The first-order chi connectivity index (χ1) is 8.69. The minimum absolute atomic E-state index is 0.147. The van der Waals surface area contributed by atoms with E-state index in [-0.39, 0.29) is 6.61 Å². The summed E-state index contributed by atoms with van der Waals surface area (Å²) < 4.78 is 5.21. The van der Waals surface area contributed by atoms with Crippen LogP contribution in [0.25, 0.3) is 0 Å². The molecule has 0 aliphatic rings. The zero-order chi connectivity index (χ0) is 13.0. The molecule has 0 radical (unpaired) electrons. The van der Waals surface area contributed by atoms with E-state index < -0.39 is 0 Å². The predicted molar refractivity (Wildman–Crippen MR) is 70.1 cm³/mol. The van der Waals surface area contributed by atoms with E-state index in [1.807, 2.05) is 0 Å². The van der Waals surface area contributed by atoms with Gasteiger partial charge in [0, 0.05) is 6.20 Å². The average molecular weight is 286 g/mol. The van der Waals surface area contributed by atoms with Crippen molar-refractivity contribution < 1.29 is 9.52 Å². The summed E-state index contributed by atoms with van der Waals surface area (Å²) in [6.45, 7) is -0.147. The lowest BCUT2D eigenvalue weighted by molar-refractivity contribution is 0.247. The lowest BCUT2D eigenvalue weighted by Crippen LogP contribution is -1.93. The van der Waals surface area contributed by atoms with Crippen LogP contribution >= 0.6 is 23.2 Å². The third-order valence-corrected chi connectivity index (χ3v) is 2.50. The molecule has 0 aliphatic carbocycles. The van der Waals surface area contributed by atoms with Gasteiger partial charge in [-0.1, -0.05) is 23.2 Å². The first-order valence-corrected chi connectivity index (χ1v) is 5.74. The molecule has 0 unspecified atom stereocenters. The summed E-state index contributed by atoms with van der Waals surface area (Å²) >= 11 is 11.6. The number of halogens is 2. The van der Waals surface area contributed by atoms with Crippen molar-refractivity contribution in [3.8, 4) is 0 Å². The largest absolute Gasteiger partial charge is 0.458 e. The molecule has 0 amide bonds. The molecule has 0 saturated carbocycles. The summed E-state index contributed by atoms with van der Waals surface area (Å²) in [5.41, 5.74) is 2.66. The topological polar surface area (TPSA) is 70.7 Å². The fourth-order valence-corrected chi connectivity index (χ4v) is 1.63. The van der Waals surface area contributed by atoms with E-state index >= 15 is 0 Å². The average Bonchev–Trinajstić information content (AvgIpc) is 2.80. The molecule has 2 heterocycles. The van der Waals surface area contributed by atoms with Crippen LogP contribution in [0.4, 0.5) is 5.82 Å². The number of aromatic nitrogens is 1. The van der Waals surface area contributed by atoms with Crippen LogP contribution in [0.5, 0.6) is 0 Å². The quantitative estimate of drug-likeness (QED) is 0.669. The lowest BCUT2D eigenvalue weighted by Gasteiger charge is -2.01. The van der Waals surface area contributed by atoms with Crippen molar-refractivity contribution in [2.75, 3.05) is 5.43 Å². The first-order valence-electron chi connectivity index (χ1n) is 4.98. The smallest absolute Gasteiger partial charge is 0.165 e. The second kappa shape index (κ2) is 5.86. The molecule has 0 aliphatic heterocycles. The van der Waals surface area contributed by atoms with E-state index in [1.165, 1.54) is 12.4 Å². The highest BCUT2D eigenvalue weighted by Gasteiger charge is 2.01. The van der Waals surface area contributed by atoms with E-state index in [1.54, 1.807) is 18.2 Å². The van der Waals surface area contributed by atoms with Gasteiger partial charge in [-0.2, -0.15) is 5.10 Å². The molecule has 2 N–H and O–H groups in total. The van der Waals surface area contributed by atoms with E-state index in [0.29, 0.717) is 27.4 Å². The molecule has 2 aromatic rings. The van der Waals surface area contributed by atoms with Crippen LogP contribution in [0.15, 0.2) is 33.9 Å². The van der Waals surface area contributed by atoms with Crippen molar-refractivity contribution in [2.24, 2.45) is 5.10 Å². The SMILES string of the molecule is OCc1ccc(/C=N/Nc2ncc(Cl)cc2Cl)o1. The van der Waals surface area contributed by atoms with Crippen LogP contribution in [-0.2, 0) is 6.61 Å². The number of nitrogens with zero attached hydrogens (tertiary/aromatic N) is 2. The highest BCUT2D eigenvalue weighted by atomic mass is 35.5. The van der Waals surface area contributed by atoms with Crippen LogP contribution in [0.3, 0.4) is 0 Å². The van der Waals surface area contributed by atoms with Crippen molar-refractivity contribution >= 4 is 35.2 Å². The molecule has 0 fully saturated rings. The van der Waals surface area contributed by atoms with Gasteiger partial charge in [-0.05, 0) is 18.2 Å². The number of hydrogen-bond donors (Lipinski definition) is 2. The van der Waals surface area contributed by atoms with Crippen LogP contribution in [0, 0.1) is 0 Å². The molecule has 0 aromatic carbocycles. The molecule has 0 bridgehead atoms. The highest BCUT2D eigenvalue weighted by Crippen LogP contribution is 2.22. The van der Waals surface area contributed by atoms with Crippen LogP contribution < -0.4 is 5.43 Å². The van der Waals surface area contributed by atoms with Gasteiger partial charge in [0.25, 0.3) is 0 Å². The Morgan fingerprint density at radius 3 is 2.94 bits per heavy atom. The summed E-state index contributed by atoms with van der Waals surface area (Å²) in [5.74, 6) is 1.38. The zero-order valence-corrected chi connectivity index (χ0v) is 10.6. The summed E-state index contributed by atoms with van der Waals surface area (Å²) in [7, 11) is 0. The fourth-order valence-electron chi connectivity index (χ4n) is 1.20. The Morgan fingerprint density at radius 1 is 1.44 bits per heavy atom. The van der Waals surface area contributed by atoms with Gasteiger partial charge in [0.15, 0.2) is 5.82 Å². The summed E-state index contributed by atoms with van der Waals surface area (Å²) in [5, 5.41) is 13.6. The Labute approximate surface area is 113 Å². The monoisotopic (exact) mass is 285 g/mol. The molecule has 7 heteroatoms. The number of hydrogen-bond acceptors (Lipinski definition) is 5. The van der Waals surface area contributed by atoms with Gasteiger partial charge in [0.1, 0.15) is 18.1 Å². The fraction of sp³-hybridized carbons (Fsp3) is 0.0909. The third-order valence-electron chi connectivity index (χ3n) is 2.01. The Morgan fingerprint density at radius 2 is 2.28 bits per heavy atom. The van der Waals surface area contributed by atoms with Crippen LogP contribution in [0.1, 0.15) is 11.5 Å². The molecule has 5 nitrogen and oxygen atoms in total. The number of nitrogens with one attached hydrogen (secondary N) is 1. The number of hydrazone groups is 1. The number of anilines is 1. The molecule has 18 heavy (non-hydrogen) atoms. The Kier molecular flexibility index (Phi) is 4.19. The number of furan rings is 1. The number of aliphatic hydroxyl groups excluding tert-OH is 1. The maximum atomic E-state index is 8.82. The standard InChI is InChI=1S/C11H9Cl2N3O2/c12-7-3-10(13)11(14-4-7)16-15-5-8-1-2-9(6-17)18-8/h1-5,17H,6H2,(H,14,16)/b15-5+. The van der Waals surface area contributed by atoms with Crippen LogP contribution in [0.2, 0.25) is 10.0 Å². The lowest BCUT2D eigenvalue weighted by atomic mass is 10.4. The number of pyridine rings is 1. The van der Waals surface area contributed by atoms with E-state index in [2.05, 4.69) is 15.5 Å².